The third-order valence-electron chi connectivity index (χ3n) is 4.41. The summed E-state index contributed by atoms with van der Waals surface area (Å²) in [5, 5.41) is 3.58. The fourth-order valence-corrected chi connectivity index (χ4v) is 3.25. The second kappa shape index (κ2) is 4.45. The van der Waals surface area contributed by atoms with Gasteiger partial charge in [-0.1, -0.05) is 13.3 Å². The predicted molar refractivity (Wildman–Crippen MR) is 68.8 cm³/mol. The van der Waals surface area contributed by atoms with Crippen molar-refractivity contribution in [2.24, 2.45) is 5.41 Å². The lowest BCUT2D eigenvalue weighted by Crippen LogP contribution is -2.19. The van der Waals surface area contributed by atoms with Crippen LogP contribution in [0.1, 0.15) is 57.2 Å². The fraction of sp³-hybridized carbons (Fsp3) is 0.786. The zero-order valence-corrected chi connectivity index (χ0v) is 10.8. The van der Waals surface area contributed by atoms with Crippen molar-refractivity contribution < 1.29 is 0 Å². The number of rotatable bonds is 5. The quantitative estimate of drug-likeness (QED) is 0.847. The van der Waals surface area contributed by atoms with Crippen LogP contribution in [0.2, 0.25) is 0 Å². The van der Waals surface area contributed by atoms with Crippen LogP contribution in [0.25, 0.3) is 0 Å². The van der Waals surface area contributed by atoms with Crippen LogP contribution in [0.5, 0.6) is 0 Å². The van der Waals surface area contributed by atoms with E-state index < -0.39 is 0 Å². The molecule has 0 aromatic carbocycles. The Morgan fingerprint density at radius 1 is 1.53 bits per heavy atom. The second-order valence-corrected chi connectivity index (χ2v) is 5.85. The van der Waals surface area contributed by atoms with Crippen molar-refractivity contribution in [3.8, 4) is 0 Å². The number of aromatic nitrogens is 2. The van der Waals surface area contributed by atoms with Gasteiger partial charge in [0.15, 0.2) is 0 Å². The van der Waals surface area contributed by atoms with Gasteiger partial charge >= 0.3 is 0 Å². The van der Waals surface area contributed by atoms with Gasteiger partial charge in [-0.15, -0.1) is 0 Å². The van der Waals surface area contributed by atoms with Gasteiger partial charge in [0, 0.05) is 18.8 Å². The largest absolute Gasteiger partial charge is 0.333 e. The standard InChI is InChI=1S/C14H23N3/c1-2-5-14(6-7-14)10-17-11-15-9-13(17)12-4-3-8-16-12/h9,11-12,16H,2-8,10H2,1H3. The highest BCUT2D eigenvalue weighted by atomic mass is 15.1. The van der Waals surface area contributed by atoms with Gasteiger partial charge in [-0.2, -0.15) is 0 Å². The molecule has 0 radical (unpaired) electrons. The first-order valence-electron chi connectivity index (χ1n) is 7.06. The Morgan fingerprint density at radius 2 is 2.41 bits per heavy atom. The predicted octanol–water partition coefficient (Wildman–Crippen LogP) is 2.89. The molecule has 0 amide bonds. The number of imidazole rings is 1. The summed E-state index contributed by atoms with van der Waals surface area (Å²) >= 11 is 0. The molecule has 3 rings (SSSR count). The molecule has 2 fully saturated rings. The van der Waals surface area contributed by atoms with Crippen LogP contribution >= 0.6 is 0 Å². The third-order valence-corrected chi connectivity index (χ3v) is 4.41. The molecule has 1 atom stereocenters. The Bertz CT molecular complexity index is 373. The highest BCUT2D eigenvalue weighted by Crippen LogP contribution is 2.51. The van der Waals surface area contributed by atoms with Gasteiger partial charge < -0.3 is 9.88 Å². The number of hydrogen-bond acceptors (Lipinski definition) is 2. The highest BCUT2D eigenvalue weighted by Gasteiger charge is 2.42. The molecule has 3 nitrogen and oxygen atoms in total. The van der Waals surface area contributed by atoms with Gasteiger partial charge in [0.25, 0.3) is 0 Å². The minimum atomic E-state index is 0.551. The molecule has 1 aliphatic heterocycles. The van der Waals surface area contributed by atoms with E-state index in [1.165, 1.54) is 50.8 Å². The molecule has 0 bridgehead atoms. The molecule has 1 saturated heterocycles. The van der Waals surface area contributed by atoms with Crippen molar-refractivity contribution in [1.29, 1.82) is 0 Å². The van der Waals surface area contributed by atoms with E-state index in [0.717, 1.165) is 6.54 Å². The summed E-state index contributed by atoms with van der Waals surface area (Å²) in [6.45, 7) is 4.65. The molecule has 1 aromatic rings. The minimum Gasteiger partial charge on any atom is -0.333 e. The van der Waals surface area contributed by atoms with Gasteiger partial charge in [-0.25, -0.2) is 4.98 Å². The van der Waals surface area contributed by atoms with Crippen molar-refractivity contribution >= 4 is 0 Å². The summed E-state index contributed by atoms with van der Waals surface area (Å²) in [5.74, 6) is 0. The number of nitrogens with zero attached hydrogens (tertiary/aromatic N) is 2. The van der Waals surface area contributed by atoms with Crippen LogP contribution in [0, 0.1) is 5.41 Å². The highest BCUT2D eigenvalue weighted by molar-refractivity contribution is 5.09. The van der Waals surface area contributed by atoms with Gasteiger partial charge in [0.05, 0.1) is 12.0 Å². The SMILES string of the molecule is CCCC1(Cn2cncc2C2CCCN2)CC1. The van der Waals surface area contributed by atoms with Gasteiger partial charge in [-0.3, -0.25) is 0 Å². The van der Waals surface area contributed by atoms with E-state index in [9.17, 15) is 0 Å². The zero-order valence-electron chi connectivity index (χ0n) is 10.8. The van der Waals surface area contributed by atoms with E-state index in [1.807, 2.05) is 6.33 Å². The monoisotopic (exact) mass is 233 g/mol. The molecular weight excluding hydrogens is 210 g/mol. The van der Waals surface area contributed by atoms with E-state index in [2.05, 4.69) is 28.0 Å². The maximum atomic E-state index is 4.36. The molecule has 0 spiro atoms. The van der Waals surface area contributed by atoms with E-state index in [4.69, 9.17) is 0 Å². The van der Waals surface area contributed by atoms with Gasteiger partial charge in [-0.05, 0) is 44.1 Å². The van der Waals surface area contributed by atoms with Crippen LogP contribution in [0.3, 0.4) is 0 Å². The Hall–Kier alpha value is -0.830. The molecule has 1 N–H and O–H groups in total. The second-order valence-electron chi connectivity index (χ2n) is 5.85. The van der Waals surface area contributed by atoms with Gasteiger partial charge in [0.1, 0.15) is 0 Å². The topological polar surface area (TPSA) is 29.9 Å². The molecule has 94 valence electrons. The van der Waals surface area contributed by atoms with Crippen LogP contribution in [0.15, 0.2) is 12.5 Å². The number of nitrogens with one attached hydrogen (secondary N) is 1. The third kappa shape index (κ3) is 2.25. The maximum absolute atomic E-state index is 4.36. The zero-order chi connectivity index (χ0) is 11.7. The summed E-state index contributed by atoms with van der Waals surface area (Å²) in [6, 6.07) is 0.551. The summed E-state index contributed by atoms with van der Waals surface area (Å²) < 4.78 is 2.41. The summed E-state index contributed by atoms with van der Waals surface area (Å²) in [4.78, 5) is 4.36. The smallest absolute Gasteiger partial charge is 0.0948 e. The van der Waals surface area contributed by atoms with E-state index >= 15 is 0 Å². The van der Waals surface area contributed by atoms with Crippen molar-refractivity contribution in [3.05, 3.63) is 18.2 Å². The average Bonchev–Trinajstić information content (AvgIpc) is 2.77. The normalized spacial score (nSPS) is 26.3. The first-order chi connectivity index (χ1) is 8.33. The van der Waals surface area contributed by atoms with Crippen molar-refractivity contribution in [2.75, 3.05) is 6.54 Å². The van der Waals surface area contributed by atoms with Crippen molar-refractivity contribution in [1.82, 2.24) is 14.9 Å². The van der Waals surface area contributed by atoms with Crippen molar-refractivity contribution in [3.63, 3.8) is 0 Å². The van der Waals surface area contributed by atoms with Gasteiger partial charge in [0.2, 0.25) is 0 Å². The Morgan fingerprint density at radius 3 is 3.06 bits per heavy atom. The number of hydrogen-bond donors (Lipinski definition) is 1. The molecule has 3 heteroatoms. The van der Waals surface area contributed by atoms with Crippen LogP contribution in [-0.2, 0) is 6.54 Å². The first-order valence-corrected chi connectivity index (χ1v) is 7.06. The molecule has 1 unspecified atom stereocenters. The molecular formula is C14H23N3. The fourth-order valence-electron chi connectivity index (χ4n) is 3.25. The molecule has 1 saturated carbocycles. The Kier molecular flexibility index (Phi) is 2.95. The first kappa shape index (κ1) is 11.3. The van der Waals surface area contributed by atoms with E-state index in [1.54, 1.807) is 0 Å². The summed E-state index contributed by atoms with van der Waals surface area (Å²) in [6.07, 6.45) is 12.2. The molecule has 2 aliphatic rings. The minimum absolute atomic E-state index is 0.551. The van der Waals surface area contributed by atoms with Crippen LogP contribution in [0.4, 0.5) is 0 Å². The molecule has 1 aliphatic carbocycles. The van der Waals surface area contributed by atoms with Crippen LogP contribution < -0.4 is 5.32 Å². The lowest BCUT2D eigenvalue weighted by Gasteiger charge is -2.19. The molecule has 2 heterocycles. The van der Waals surface area contributed by atoms with E-state index in [0.29, 0.717) is 11.5 Å². The van der Waals surface area contributed by atoms with Crippen LogP contribution in [-0.4, -0.2) is 16.1 Å². The lowest BCUT2D eigenvalue weighted by molar-refractivity contribution is 0.375. The average molecular weight is 233 g/mol. The Labute approximate surface area is 104 Å². The van der Waals surface area contributed by atoms with Crippen molar-refractivity contribution in [2.45, 2.75) is 58.0 Å². The van der Waals surface area contributed by atoms with E-state index in [-0.39, 0.29) is 0 Å². The summed E-state index contributed by atoms with van der Waals surface area (Å²) in [5.41, 5.74) is 2.02. The lowest BCUT2D eigenvalue weighted by atomic mass is 10.0. The molecule has 17 heavy (non-hydrogen) atoms. The maximum Gasteiger partial charge on any atom is 0.0948 e. The Balaban J connectivity index is 1.72. The summed E-state index contributed by atoms with van der Waals surface area (Å²) in [7, 11) is 0. The molecule has 1 aromatic heterocycles.